The highest BCUT2D eigenvalue weighted by Gasteiger charge is 2.38. The van der Waals surface area contributed by atoms with Gasteiger partial charge in [-0.1, -0.05) is 12.1 Å². The fourth-order valence-corrected chi connectivity index (χ4v) is 3.68. The fourth-order valence-electron chi connectivity index (χ4n) is 3.68. The molecule has 3 nitrogen and oxygen atoms in total. The van der Waals surface area contributed by atoms with Crippen molar-refractivity contribution in [1.29, 1.82) is 0 Å². The van der Waals surface area contributed by atoms with Gasteiger partial charge in [0.1, 0.15) is 5.75 Å². The Labute approximate surface area is 147 Å². The molecule has 0 saturated carbocycles. The minimum atomic E-state index is -4.30. The summed E-state index contributed by atoms with van der Waals surface area (Å²) in [4.78, 5) is 2.41. The average Bonchev–Trinajstić information content (AvgIpc) is 2.88. The number of rotatable bonds is 4. The van der Waals surface area contributed by atoms with Crippen molar-refractivity contribution < 1.29 is 17.9 Å². The van der Waals surface area contributed by atoms with Crippen molar-refractivity contribution in [2.75, 3.05) is 32.8 Å². The Balaban J connectivity index is 0.00000208. The topological polar surface area (TPSA) is 24.5 Å². The number of piperidine rings is 1. The van der Waals surface area contributed by atoms with Crippen molar-refractivity contribution in [2.45, 2.75) is 32.0 Å². The van der Waals surface area contributed by atoms with E-state index in [1.165, 1.54) is 19.3 Å². The number of halogens is 4. The van der Waals surface area contributed by atoms with Gasteiger partial charge in [-0.25, -0.2) is 0 Å². The number of benzene rings is 1. The highest BCUT2D eigenvalue weighted by Crippen LogP contribution is 2.39. The third-order valence-corrected chi connectivity index (χ3v) is 4.89. The maximum Gasteiger partial charge on any atom is 0.422 e. The monoisotopic (exact) mass is 364 g/mol. The van der Waals surface area contributed by atoms with Gasteiger partial charge in [0, 0.05) is 13.1 Å². The summed E-state index contributed by atoms with van der Waals surface area (Å²) in [6.45, 7) is 3.87. The number of nitrogens with zero attached hydrogens (tertiary/aromatic N) is 1. The Bertz CT molecular complexity index is 533. The third-order valence-electron chi connectivity index (χ3n) is 4.89. The first-order chi connectivity index (χ1) is 10.9. The van der Waals surface area contributed by atoms with Gasteiger partial charge < -0.3 is 10.1 Å². The van der Waals surface area contributed by atoms with Gasteiger partial charge in [-0.15, -0.1) is 12.4 Å². The quantitative estimate of drug-likeness (QED) is 0.883. The van der Waals surface area contributed by atoms with E-state index in [1.807, 2.05) is 6.07 Å². The standard InChI is InChI=1S/C17H23F3N2O.ClH/c18-17(19,20)13-23-15-3-1-2-14(10-15)11-22-9-6-16(12-22)4-7-21-8-5-16;/h1-3,10,21H,4-9,11-13H2;1H. The highest BCUT2D eigenvalue weighted by atomic mass is 35.5. The van der Waals surface area contributed by atoms with E-state index in [-0.39, 0.29) is 18.2 Å². The van der Waals surface area contributed by atoms with E-state index < -0.39 is 12.8 Å². The number of nitrogens with one attached hydrogen (secondary N) is 1. The first kappa shape index (κ1) is 19.3. The minimum absolute atomic E-state index is 0. The van der Waals surface area contributed by atoms with Gasteiger partial charge in [0.05, 0.1) is 0 Å². The summed E-state index contributed by atoms with van der Waals surface area (Å²) in [5.74, 6) is 0.288. The summed E-state index contributed by atoms with van der Waals surface area (Å²) in [5.41, 5.74) is 1.45. The van der Waals surface area contributed by atoms with Crippen LogP contribution in [0.15, 0.2) is 24.3 Å². The third kappa shape index (κ3) is 5.26. The zero-order valence-electron chi connectivity index (χ0n) is 13.6. The average molecular weight is 365 g/mol. The van der Waals surface area contributed by atoms with Crippen LogP contribution in [-0.4, -0.2) is 43.9 Å². The zero-order valence-corrected chi connectivity index (χ0v) is 14.4. The molecule has 0 radical (unpaired) electrons. The van der Waals surface area contributed by atoms with Crippen LogP contribution in [0.1, 0.15) is 24.8 Å². The summed E-state index contributed by atoms with van der Waals surface area (Å²) < 4.78 is 41.5. The van der Waals surface area contributed by atoms with Crippen LogP contribution in [0.5, 0.6) is 5.75 Å². The number of hydrogen-bond donors (Lipinski definition) is 1. The van der Waals surface area contributed by atoms with Gasteiger partial charge in [-0.3, -0.25) is 4.90 Å². The zero-order chi connectivity index (χ0) is 16.3. The molecular weight excluding hydrogens is 341 g/mol. The van der Waals surface area contributed by atoms with Crippen molar-refractivity contribution >= 4 is 12.4 Å². The van der Waals surface area contributed by atoms with Crippen LogP contribution in [0, 0.1) is 5.41 Å². The Morgan fingerprint density at radius 2 is 1.92 bits per heavy atom. The number of alkyl halides is 3. The van der Waals surface area contributed by atoms with Crippen LogP contribution in [-0.2, 0) is 6.54 Å². The highest BCUT2D eigenvalue weighted by molar-refractivity contribution is 5.85. The summed E-state index contributed by atoms with van der Waals surface area (Å²) >= 11 is 0. The second-order valence-electron chi connectivity index (χ2n) is 6.76. The molecule has 2 aliphatic rings. The molecule has 136 valence electrons. The van der Waals surface area contributed by atoms with Crippen LogP contribution in [0.2, 0.25) is 0 Å². The predicted molar refractivity (Wildman–Crippen MR) is 89.7 cm³/mol. The van der Waals surface area contributed by atoms with Crippen molar-refractivity contribution in [3.05, 3.63) is 29.8 Å². The van der Waals surface area contributed by atoms with Gasteiger partial charge in [0.15, 0.2) is 6.61 Å². The first-order valence-electron chi connectivity index (χ1n) is 8.16. The molecule has 1 aromatic carbocycles. The van der Waals surface area contributed by atoms with Gasteiger partial charge in [0.2, 0.25) is 0 Å². The van der Waals surface area contributed by atoms with E-state index in [0.717, 1.165) is 38.3 Å². The molecule has 0 aliphatic carbocycles. The Morgan fingerprint density at radius 1 is 1.17 bits per heavy atom. The summed E-state index contributed by atoms with van der Waals surface area (Å²) in [7, 11) is 0. The van der Waals surface area contributed by atoms with Crippen LogP contribution >= 0.6 is 12.4 Å². The Hall–Kier alpha value is -0.980. The maximum absolute atomic E-state index is 12.2. The van der Waals surface area contributed by atoms with E-state index in [4.69, 9.17) is 4.74 Å². The minimum Gasteiger partial charge on any atom is -0.484 e. The number of ether oxygens (including phenoxy) is 1. The Kier molecular flexibility index (Phi) is 6.39. The van der Waals surface area contributed by atoms with Crippen LogP contribution in [0.3, 0.4) is 0 Å². The number of likely N-dealkylation sites (tertiary alicyclic amines) is 1. The first-order valence-corrected chi connectivity index (χ1v) is 8.16. The molecule has 0 atom stereocenters. The molecule has 2 aliphatic heterocycles. The molecule has 0 bridgehead atoms. The molecule has 0 amide bonds. The van der Waals surface area contributed by atoms with Crippen LogP contribution in [0.4, 0.5) is 13.2 Å². The van der Waals surface area contributed by atoms with E-state index in [9.17, 15) is 13.2 Å². The lowest BCUT2D eigenvalue weighted by Crippen LogP contribution is -2.38. The lowest BCUT2D eigenvalue weighted by Gasteiger charge is -2.34. The molecular formula is C17H24ClF3N2O. The van der Waals surface area contributed by atoms with Gasteiger partial charge in [-0.05, 0) is 62.0 Å². The largest absolute Gasteiger partial charge is 0.484 e. The summed E-state index contributed by atoms with van der Waals surface area (Å²) in [5, 5.41) is 3.41. The number of hydrogen-bond acceptors (Lipinski definition) is 3. The molecule has 7 heteroatoms. The predicted octanol–water partition coefficient (Wildman–Crippen LogP) is 3.63. The molecule has 3 rings (SSSR count). The van der Waals surface area contributed by atoms with Crippen molar-refractivity contribution in [1.82, 2.24) is 10.2 Å². The van der Waals surface area contributed by atoms with E-state index >= 15 is 0 Å². The van der Waals surface area contributed by atoms with Crippen molar-refractivity contribution in [2.24, 2.45) is 5.41 Å². The molecule has 0 unspecified atom stereocenters. The van der Waals surface area contributed by atoms with Crippen LogP contribution < -0.4 is 10.1 Å². The second-order valence-corrected chi connectivity index (χ2v) is 6.76. The van der Waals surface area contributed by atoms with Crippen LogP contribution in [0.25, 0.3) is 0 Å². The molecule has 0 aromatic heterocycles. The van der Waals surface area contributed by atoms with Crippen molar-refractivity contribution in [3.8, 4) is 5.75 Å². The maximum atomic E-state index is 12.2. The summed E-state index contributed by atoms with van der Waals surface area (Å²) in [6.07, 6.45) is -0.637. The molecule has 2 saturated heterocycles. The summed E-state index contributed by atoms with van der Waals surface area (Å²) in [6, 6.07) is 7.01. The molecule has 1 spiro atoms. The SMILES string of the molecule is Cl.FC(F)(F)COc1cccc(CN2CCC3(CCNCC3)C2)c1. The lowest BCUT2D eigenvalue weighted by molar-refractivity contribution is -0.153. The smallest absolute Gasteiger partial charge is 0.422 e. The lowest BCUT2D eigenvalue weighted by atomic mass is 9.78. The second kappa shape index (κ2) is 7.93. The van der Waals surface area contributed by atoms with Gasteiger partial charge in [-0.2, -0.15) is 13.2 Å². The fraction of sp³-hybridized carbons (Fsp3) is 0.647. The van der Waals surface area contributed by atoms with E-state index in [2.05, 4.69) is 10.2 Å². The van der Waals surface area contributed by atoms with Gasteiger partial charge >= 0.3 is 6.18 Å². The van der Waals surface area contributed by atoms with E-state index in [1.54, 1.807) is 18.2 Å². The molecule has 2 fully saturated rings. The van der Waals surface area contributed by atoms with Gasteiger partial charge in [0.25, 0.3) is 0 Å². The molecule has 1 aromatic rings. The van der Waals surface area contributed by atoms with E-state index in [0.29, 0.717) is 5.41 Å². The Morgan fingerprint density at radius 3 is 2.62 bits per heavy atom. The normalized spacial score (nSPS) is 20.8. The molecule has 24 heavy (non-hydrogen) atoms. The van der Waals surface area contributed by atoms with Crippen molar-refractivity contribution in [3.63, 3.8) is 0 Å². The molecule has 2 heterocycles. The molecule has 1 N–H and O–H groups in total.